The molecule has 0 unspecified atom stereocenters. The summed E-state index contributed by atoms with van der Waals surface area (Å²) in [6.45, 7) is 1.95. The second-order valence-corrected chi connectivity index (χ2v) is 7.32. The van der Waals surface area contributed by atoms with E-state index in [4.69, 9.17) is 9.97 Å². The van der Waals surface area contributed by atoms with E-state index in [2.05, 4.69) is 17.2 Å². The van der Waals surface area contributed by atoms with E-state index < -0.39 is 0 Å². The molecule has 5 rings (SSSR count). The van der Waals surface area contributed by atoms with Gasteiger partial charge in [0, 0.05) is 28.7 Å². The first-order chi connectivity index (χ1) is 15.7. The molecule has 154 valence electrons. The van der Waals surface area contributed by atoms with Crippen molar-refractivity contribution in [2.75, 3.05) is 5.32 Å². The SMILES string of the molecule is Cc1nc(C#Cc2ccccc2)ccc1-c1nc2ccccn2c1Nc1ccc(F)cc1. The molecule has 0 fully saturated rings. The van der Waals surface area contributed by atoms with Gasteiger partial charge in [0.25, 0.3) is 0 Å². The summed E-state index contributed by atoms with van der Waals surface area (Å²) in [4.78, 5) is 9.53. The van der Waals surface area contributed by atoms with Crippen molar-refractivity contribution in [3.05, 3.63) is 114 Å². The number of aromatic nitrogens is 3. The van der Waals surface area contributed by atoms with Gasteiger partial charge in [-0.1, -0.05) is 30.2 Å². The zero-order chi connectivity index (χ0) is 21.9. The lowest BCUT2D eigenvalue weighted by Gasteiger charge is -2.10. The Morgan fingerprint density at radius 3 is 2.38 bits per heavy atom. The predicted molar refractivity (Wildman–Crippen MR) is 125 cm³/mol. The van der Waals surface area contributed by atoms with E-state index in [1.807, 2.05) is 78.2 Å². The molecule has 0 aliphatic carbocycles. The summed E-state index contributed by atoms with van der Waals surface area (Å²) < 4.78 is 15.3. The van der Waals surface area contributed by atoms with Gasteiger partial charge in [-0.2, -0.15) is 0 Å². The molecule has 1 N–H and O–H groups in total. The van der Waals surface area contributed by atoms with Gasteiger partial charge in [0.15, 0.2) is 0 Å². The van der Waals surface area contributed by atoms with Crippen molar-refractivity contribution >= 4 is 17.2 Å². The van der Waals surface area contributed by atoms with Crippen LogP contribution in [0.2, 0.25) is 0 Å². The summed E-state index contributed by atoms with van der Waals surface area (Å²) >= 11 is 0. The van der Waals surface area contributed by atoms with E-state index in [0.717, 1.165) is 39.7 Å². The molecule has 0 saturated heterocycles. The number of anilines is 2. The van der Waals surface area contributed by atoms with Crippen LogP contribution in [0.5, 0.6) is 0 Å². The number of imidazole rings is 1. The molecule has 0 aliphatic rings. The largest absolute Gasteiger partial charge is 0.339 e. The number of nitrogens with zero attached hydrogens (tertiary/aromatic N) is 3. The summed E-state index contributed by atoms with van der Waals surface area (Å²) in [6.07, 6.45) is 1.94. The molecule has 0 bridgehead atoms. The lowest BCUT2D eigenvalue weighted by molar-refractivity contribution is 0.628. The van der Waals surface area contributed by atoms with Gasteiger partial charge in [-0.05, 0) is 73.5 Å². The number of benzene rings is 2. The van der Waals surface area contributed by atoms with Crippen LogP contribution in [0.15, 0.2) is 91.1 Å². The Kier molecular flexibility index (Phi) is 5.11. The summed E-state index contributed by atoms with van der Waals surface area (Å²) in [7, 11) is 0. The van der Waals surface area contributed by atoms with E-state index in [-0.39, 0.29) is 5.82 Å². The Hall–Kier alpha value is -4.43. The zero-order valence-electron chi connectivity index (χ0n) is 17.4. The van der Waals surface area contributed by atoms with Gasteiger partial charge in [-0.3, -0.25) is 4.40 Å². The van der Waals surface area contributed by atoms with Crippen LogP contribution in [0, 0.1) is 24.6 Å². The van der Waals surface area contributed by atoms with Gasteiger partial charge in [0.1, 0.15) is 28.7 Å². The van der Waals surface area contributed by atoms with E-state index in [1.165, 1.54) is 12.1 Å². The third-order valence-electron chi connectivity index (χ3n) is 5.09. The van der Waals surface area contributed by atoms with Crippen molar-refractivity contribution < 1.29 is 4.39 Å². The molecule has 32 heavy (non-hydrogen) atoms. The molecular weight excluding hydrogens is 399 g/mol. The highest BCUT2D eigenvalue weighted by molar-refractivity contribution is 5.80. The first-order valence-corrected chi connectivity index (χ1v) is 10.2. The molecule has 0 atom stereocenters. The highest BCUT2D eigenvalue weighted by Crippen LogP contribution is 2.32. The van der Waals surface area contributed by atoms with Crippen molar-refractivity contribution in [3.63, 3.8) is 0 Å². The van der Waals surface area contributed by atoms with Crippen LogP contribution >= 0.6 is 0 Å². The van der Waals surface area contributed by atoms with Gasteiger partial charge in [-0.25, -0.2) is 14.4 Å². The Morgan fingerprint density at radius 2 is 1.59 bits per heavy atom. The van der Waals surface area contributed by atoms with Gasteiger partial charge < -0.3 is 5.32 Å². The summed E-state index contributed by atoms with van der Waals surface area (Å²) in [6, 6.07) is 25.8. The second-order valence-electron chi connectivity index (χ2n) is 7.32. The highest BCUT2D eigenvalue weighted by Gasteiger charge is 2.17. The lowest BCUT2D eigenvalue weighted by atomic mass is 10.1. The molecule has 0 radical (unpaired) electrons. The van der Waals surface area contributed by atoms with E-state index in [1.54, 1.807) is 12.1 Å². The summed E-state index contributed by atoms with van der Waals surface area (Å²) in [5, 5.41) is 3.39. The molecular formula is C27H19FN4. The number of nitrogens with one attached hydrogen (secondary N) is 1. The standard InChI is InChI=1S/C27H19FN4/c1-19-24(17-16-22(29-19)13-10-20-7-3-2-4-8-20)26-27(30-23-14-11-21(28)12-15-23)32-18-6-5-9-25(32)31-26/h2-9,11-12,14-18,30H,1H3. The molecule has 0 spiro atoms. The summed E-state index contributed by atoms with van der Waals surface area (Å²) in [5.74, 6) is 6.79. The van der Waals surface area contributed by atoms with Crippen LogP contribution in [-0.2, 0) is 0 Å². The van der Waals surface area contributed by atoms with Crippen molar-refractivity contribution in [1.82, 2.24) is 14.4 Å². The minimum atomic E-state index is -0.277. The Labute approximate surface area is 185 Å². The van der Waals surface area contributed by atoms with E-state index in [0.29, 0.717) is 5.69 Å². The number of hydrogen-bond donors (Lipinski definition) is 1. The number of halogens is 1. The first-order valence-electron chi connectivity index (χ1n) is 10.2. The molecule has 5 heteroatoms. The van der Waals surface area contributed by atoms with Gasteiger partial charge in [-0.15, -0.1) is 0 Å². The minimum absolute atomic E-state index is 0.277. The maximum Gasteiger partial charge on any atom is 0.143 e. The quantitative estimate of drug-likeness (QED) is 0.366. The van der Waals surface area contributed by atoms with Crippen molar-refractivity contribution in [2.24, 2.45) is 0 Å². The normalized spacial score (nSPS) is 10.6. The van der Waals surface area contributed by atoms with Crippen LogP contribution in [0.3, 0.4) is 0 Å². The summed E-state index contributed by atoms with van der Waals surface area (Å²) in [5.41, 5.74) is 5.73. The third-order valence-corrected chi connectivity index (χ3v) is 5.09. The van der Waals surface area contributed by atoms with E-state index in [9.17, 15) is 4.39 Å². The molecule has 4 nitrogen and oxygen atoms in total. The van der Waals surface area contributed by atoms with Crippen molar-refractivity contribution in [3.8, 4) is 23.1 Å². The van der Waals surface area contributed by atoms with Crippen LogP contribution < -0.4 is 5.32 Å². The number of hydrogen-bond acceptors (Lipinski definition) is 3. The topological polar surface area (TPSA) is 42.2 Å². The molecule has 3 heterocycles. The monoisotopic (exact) mass is 418 g/mol. The Bertz CT molecular complexity index is 1460. The highest BCUT2D eigenvalue weighted by atomic mass is 19.1. The number of rotatable bonds is 3. The fraction of sp³-hybridized carbons (Fsp3) is 0.0370. The first kappa shape index (κ1) is 19.5. The molecule has 0 aliphatic heterocycles. The smallest absolute Gasteiger partial charge is 0.143 e. The van der Waals surface area contributed by atoms with Crippen LogP contribution in [0.4, 0.5) is 15.9 Å². The maximum atomic E-state index is 13.4. The van der Waals surface area contributed by atoms with Gasteiger partial charge >= 0.3 is 0 Å². The molecule has 3 aromatic heterocycles. The number of aryl methyl sites for hydroxylation is 1. The Morgan fingerprint density at radius 1 is 0.812 bits per heavy atom. The predicted octanol–water partition coefficient (Wildman–Crippen LogP) is 5.99. The molecule has 0 amide bonds. The van der Waals surface area contributed by atoms with Crippen molar-refractivity contribution in [1.29, 1.82) is 0 Å². The molecule has 0 saturated carbocycles. The van der Waals surface area contributed by atoms with Gasteiger partial charge in [0.05, 0.1) is 0 Å². The number of fused-ring (bicyclic) bond motifs is 1. The fourth-order valence-electron chi connectivity index (χ4n) is 3.51. The van der Waals surface area contributed by atoms with E-state index >= 15 is 0 Å². The average molecular weight is 418 g/mol. The maximum absolute atomic E-state index is 13.4. The molecule has 2 aromatic carbocycles. The lowest BCUT2D eigenvalue weighted by Crippen LogP contribution is -1.98. The molecule has 5 aromatic rings. The fourth-order valence-corrected chi connectivity index (χ4v) is 3.51. The third kappa shape index (κ3) is 3.94. The zero-order valence-corrected chi connectivity index (χ0v) is 17.4. The Balaban J connectivity index is 1.55. The average Bonchev–Trinajstić information content (AvgIpc) is 3.18. The van der Waals surface area contributed by atoms with Crippen LogP contribution in [0.25, 0.3) is 16.9 Å². The van der Waals surface area contributed by atoms with Gasteiger partial charge in [0.2, 0.25) is 0 Å². The van der Waals surface area contributed by atoms with Crippen LogP contribution in [0.1, 0.15) is 17.0 Å². The van der Waals surface area contributed by atoms with Crippen molar-refractivity contribution in [2.45, 2.75) is 6.92 Å². The van der Waals surface area contributed by atoms with Crippen LogP contribution in [-0.4, -0.2) is 14.4 Å². The minimum Gasteiger partial charge on any atom is -0.339 e. The number of pyridine rings is 2. The second kappa shape index (κ2) is 8.37.